The Morgan fingerprint density at radius 1 is 1.16 bits per heavy atom. The van der Waals surface area contributed by atoms with Gasteiger partial charge in [-0.05, 0) is 24.3 Å². The summed E-state index contributed by atoms with van der Waals surface area (Å²) in [7, 11) is 1.22. The van der Waals surface area contributed by atoms with E-state index < -0.39 is 23.7 Å². The smallest absolute Gasteiger partial charge is 0.435 e. The first-order valence-corrected chi connectivity index (χ1v) is 7.36. The number of ether oxygens (including phenoxy) is 1. The monoisotopic (exact) mass is 357 g/mol. The van der Waals surface area contributed by atoms with Crippen molar-refractivity contribution >= 4 is 17.7 Å². The molecule has 1 aromatic heterocycles. The number of methoxy groups -OCH3 is 1. The van der Waals surface area contributed by atoms with Crippen molar-refractivity contribution in [3.63, 3.8) is 0 Å². The molecule has 0 atom stereocenters. The van der Waals surface area contributed by atoms with Gasteiger partial charge in [0.1, 0.15) is 5.82 Å². The number of alkyl halides is 3. The van der Waals surface area contributed by atoms with Crippen LogP contribution in [0.5, 0.6) is 0 Å². The van der Waals surface area contributed by atoms with Gasteiger partial charge in [-0.1, -0.05) is 13.8 Å². The lowest BCUT2D eigenvalue weighted by atomic mass is 10.2. The van der Waals surface area contributed by atoms with E-state index in [0.717, 1.165) is 10.7 Å². The summed E-state index contributed by atoms with van der Waals surface area (Å²) in [6.07, 6.45) is -4.65. The van der Waals surface area contributed by atoms with Gasteiger partial charge in [0.05, 0.1) is 18.4 Å². The van der Waals surface area contributed by atoms with Crippen LogP contribution in [-0.2, 0) is 15.7 Å². The van der Waals surface area contributed by atoms with Crippen LogP contribution in [0.4, 0.5) is 19.0 Å². The molecular formula is C16H18F3N3O3. The van der Waals surface area contributed by atoms with Crippen molar-refractivity contribution < 1.29 is 27.5 Å². The summed E-state index contributed by atoms with van der Waals surface area (Å²) in [6.45, 7) is 5.17. The Hall–Kier alpha value is -2.84. The van der Waals surface area contributed by atoms with Gasteiger partial charge in [0.2, 0.25) is 5.91 Å². The van der Waals surface area contributed by atoms with Crippen LogP contribution in [0, 0.1) is 0 Å². The lowest BCUT2D eigenvalue weighted by Crippen LogP contribution is -2.11. The molecule has 0 aliphatic heterocycles. The molecule has 0 bridgehead atoms. The maximum absolute atomic E-state index is 12.8. The maximum Gasteiger partial charge on any atom is 0.435 e. The van der Waals surface area contributed by atoms with Crippen molar-refractivity contribution in [3.05, 3.63) is 41.6 Å². The van der Waals surface area contributed by atoms with Crippen molar-refractivity contribution in [2.75, 3.05) is 12.4 Å². The minimum Gasteiger partial charge on any atom is -0.465 e. The Labute approximate surface area is 142 Å². The second-order valence-corrected chi connectivity index (χ2v) is 4.54. The molecule has 1 heterocycles. The van der Waals surface area contributed by atoms with Gasteiger partial charge in [-0.2, -0.15) is 18.3 Å². The van der Waals surface area contributed by atoms with Crippen LogP contribution >= 0.6 is 0 Å². The zero-order valence-electron chi connectivity index (χ0n) is 14.1. The summed E-state index contributed by atoms with van der Waals surface area (Å²) in [6, 6.07) is 6.28. The molecule has 25 heavy (non-hydrogen) atoms. The number of hydrogen-bond acceptors (Lipinski definition) is 4. The van der Waals surface area contributed by atoms with Crippen LogP contribution in [-0.4, -0.2) is 28.8 Å². The van der Waals surface area contributed by atoms with Crippen LogP contribution < -0.4 is 5.32 Å². The zero-order chi connectivity index (χ0) is 19.2. The van der Waals surface area contributed by atoms with E-state index in [-0.39, 0.29) is 17.1 Å². The van der Waals surface area contributed by atoms with Crippen molar-refractivity contribution in [1.29, 1.82) is 0 Å². The number of carbonyl (C=O) groups excluding carboxylic acids is 2. The minimum atomic E-state index is -4.65. The molecule has 1 aromatic carbocycles. The number of aromatic nitrogens is 2. The Kier molecular flexibility index (Phi) is 6.72. The number of esters is 1. The van der Waals surface area contributed by atoms with Gasteiger partial charge >= 0.3 is 12.1 Å². The molecule has 0 aliphatic rings. The fourth-order valence-corrected chi connectivity index (χ4v) is 1.84. The Balaban J connectivity index is 0.00000151. The molecule has 136 valence electrons. The number of anilines is 1. The average molecular weight is 357 g/mol. The van der Waals surface area contributed by atoms with E-state index in [1.807, 2.05) is 13.8 Å². The van der Waals surface area contributed by atoms with Gasteiger partial charge in [-0.15, -0.1) is 0 Å². The third kappa shape index (κ3) is 5.07. The first-order valence-electron chi connectivity index (χ1n) is 7.36. The van der Waals surface area contributed by atoms with Gasteiger partial charge in [0.25, 0.3) is 0 Å². The van der Waals surface area contributed by atoms with E-state index in [0.29, 0.717) is 0 Å². The average Bonchev–Trinajstić information content (AvgIpc) is 2.99. The molecule has 1 amide bonds. The minimum absolute atomic E-state index is 0.129. The molecule has 2 rings (SSSR count). The summed E-state index contributed by atoms with van der Waals surface area (Å²) in [5, 5.41) is 5.74. The number of halogens is 3. The van der Waals surface area contributed by atoms with Gasteiger partial charge in [-0.3, -0.25) is 4.79 Å². The summed E-state index contributed by atoms with van der Waals surface area (Å²) in [4.78, 5) is 22.5. The fraction of sp³-hybridized carbons (Fsp3) is 0.312. The van der Waals surface area contributed by atoms with E-state index in [1.165, 1.54) is 38.3 Å². The van der Waals surface area contributed by atoms with Crippen molar-refractivity contribution in [2.24, 2.45) is 0 Å². The Morgan fingerprint density at radius 3 is 2.16 bits per heavy atom. The first-order chi connectivity index (χ1) is 11.7. The maximum atomic E-state index is 12.8. The van der Waals surface area contributed by atoms with Gasteiger partial charge in [0.15, 0.2) is 5.69 Å². The van der Waals surface area contributed by atoms with Gasteiger partial charge in [0, 0.05) is 13.0 Å². The third-order valence-corrected chi connectivity index (χ3v) is 2.84. The number of rotatable bonds is 3. The number of nitrogens with zero attached hydrogens (tertiary/aromatic N) is 2. The predicted molar refractivity (Wildman–Crippen MR) is 85.6 cm³/mol. The standard InChI is InChI=1S/C14H12F3N3O3.C2H6/c1-8(21)18-12-7-11(14(15,16)17)19-20(12)10-5-3-9(4-6-10)13(22)23-2;1-2/h3-7H,1-2H3,(H,18,21);1-2H3. The number of benzene rings is 1. The van der Waals surface area contributed by atoms with E-state index in [1.54, 1.807) is 0 Å². The van der Waals surface area contributed by atoms with Crippen molar-refractivity contribution in [2.45, 2.75) is 26.9 Å². The molecule has 0 fully saturated rings. The van der Waals surface area contributed by atoms with Crippen molar-refractivity contribution in [1.82, 2.24) is 9.78 Å². The second kappa shape index (κ2) is 8.32. The summed E-state index contributed by atoms with van der Waals surface area (Å²) >= 11 is 0. The molecule has 0 saturated carbocycles. The molecule has 0 radical (unpaired) electrons. The Morgan fingerprint density at radius 2 is 1.72 bits per heavy atom. The lowest BCUT2D eigenvalue weighted by molar-refractivity contribution is -0.141. The van der Waals surface area contributed by atoms with E-state index in [4.69, 9.17) is 0 Å². The molecule has 0 spiro atoms. The highest BCUT2D eigenvalue weighted by Crippen LogP contribution is 2.31. The van der Waals surface area contributed by atoms with Gasteiger partial charge < -0.3 is 10.1 Å². The van der Waals surface area contributed by atoms with Crippen LogP contribution in [0.2, 0.25) is 0 Å². The summed E-state index contributed by atoms with van der Waals surface area (Å²) in [5.41, 5.74) is -0.657. The summed E-state index contributed by atoms with van der Waals surface area (Å²) in [5.74, 6) is -1.24. The number of nitrogens with one attached hydrogen (secondary N) is 1. The van der Waals surface area contributed by atoms with E-state index >= 15 is 0 Å². The van der Waals surface area contributed by atoms with Crippen LogP contribution in [0.1, 0.15) is 36.8 Å². The van der Waals surface area contributed by atoms with Crippen LogP contribution in [0.25, 0.3) is 5.69 Å². The molecular weight excluding hydrogens is 339 g/mol. The number of carbonyl (C=O) groups is 2. The van der Waals surface area contributed by atoms with Gasteiger partial charge in [-0.25, -0.2) is 9.48 Å². The van der Waals surface area contributed by atoms with Crippen LogP contribution in [0.15, 0.2) is 30.3 Å². The quantitative estimate of drug-likeness (QED) is 0.851. The van der Waals surface area contributed by atoms with E-state index in [2.05, 4.69) is 15.2 Å². The number of amides is 1. The highest BCUT2D eigenvalue weighted by molar-refractivity contribution is 5.90. The second-order valence-electron chi connectivity index (χ2n) is 4.54. The lowest BCUT2D eigenvalue weighted by Gasteiger charge is -2.08. The topological polar surface area (TPSA) is 73.2 Å². The highest BCUT2D eigenvalue weighted by atomic mass is 19.4. The SMILES string of the molecule is CC.COC(=O)c1ccc(-n2nc(C(F)(F)F)cc2NC(C)=O)cc1. The summed E-state index contributed by atoms with van der Waals surface area (Å²) < 4.78 is 43.9. The molecule has 0 saturated heterocycles. The predicted octanol–water partition coefficient (Wildman–Crippen LogP) is 3.66. The van der Waals surface area contributed by atoms with E-state index in [9.17, 15) is 22.8 Å². The van der Waals surface area contributed by atoms with Crippen LogP contribution in [0.3, 0.4) is 0 Å². The zero-order valence-corrected chi connectivity index (χ0v) is 14.1. The molecule has 1 N–H and O–H groups in total. The fourth-order valence-electron chi connectivity index (χ4n) is 1.84. The largest absolute Gasteiger partial charge is 0.465 e. The normalized spacial score (nSPS) is 10.5. The molecule has 9 heteroatoms. The van der Waals surface area contributed by atoms with Crippen molar-refractivity contribution in [3.8, 4) is 5.69 Å². The molecule has 0 unspecified atom stereocenters. The third-order valence-electron chi connectivity index (χ3n) is 2.84. The number of hydrogen-bond donors (Lipinski definition) is 1. The molecule has 6 nitrogen and oxygen atoms in total. The molecule has 2 aromatic rings. The molecule has 0 aliphatic carbocycles. The first kappa shape index (κ1) is 20.2. The Bertz CT molecular complexity index is 737. The highest BCUT2D eigenvalue weighted by Gasteiger charge is 2.35.